The van der Waals surface area contributed by atoms with Crippen molar-refractivity contribution < 1.29 is 58.7 Å². The number of nitrogens with two attached hydrogens (primary N) is 2. The summed E-state index contributed by atoms with van der Waals surface area (Å²) >= 11 is 0. The average molecular weight is 887 g/mol. The number of phenols is 2. The van der Waals surface area contributed by atoms with Crippen molar-refractivity contribution >= 4 is 41.4 Å². The number of ether oxygens (including phenoxy) is 1. The van der Waals surface area contributed by atoms with Crippen molar-refractivity contribution in [3.63, 3.8) is 0 Å². The van der Waals surface area contributed by atoms with E-state index >= 15 is 0 Å². The minimum absolute atomic E-state index is 0.0373. The zero-order valence-corrected chi connectivity index (χ0v) is 36.6. The van der Waals surface area contributed by atoms with Crippen LogP contribution in [0.2, 0.25) is 0 Å². The van der Waals surface area contributed by atoms with Crippen LogP contribution in [0, 0.1) is 11.8 Å². The molecule has 63 heavy (non-hydrogen) atoms. The number of carbonyl (C=O) groups excluding carboxylic acids is 7. The van der Waals surface area contributed by atoms with Crippen molar-refractivity contribution in [3.05, 3.63) is 59.7 Å². The van der Waals surface area contributed by atoms with Crippen molar-refractivity contribution in [1.82, 2.24) is 31.9 Å². The van der Waals surface area contributed by atoms with Gasteiger partial charge in [-0.1, -0.05) is 52.0 Å². The zero-order chi connectivity index (χ0) is 47.2. The topological polar surface area (TPSA) is 334 Å². The minimum atomic E-state index is -1.45. The van der Waals surface area contributed by atoms with Crippen molar-refractivity contribution in [2.75, 3.05) is 26.9 Å². The van der Waals surface area contributed by atoms with E-state index in [1.54, 1.807) is 24.3 Å². The summed E-state index contributed by atoms with van der Waals surface area (Å²) in [5, 5.41) is 54.2. The first kappa shape index (κ1) is 53.3. The molecule has 0 aliphatic heterocycles. The molecule has 0 bridgehead atoms. The largest absolute Gasteiger partial charge is 0.508 e. The number of methoxy groups -OCH3 is 1. The lowest BCUT2D eigenvalue weighted by molar-refractivity contribution is -0.145. The molecule has 0 fully saturated rings. The maximum absolute atomic E-state index is 13.5. The molecule has 20 heteroatoms. The van der Waals surface area contributed by atoms with Crippen LogP contribution in [0.15, 0.2) is 48.5 Å². The molecular weight excluding hydrogens is 821 g/mol. The molecule has 0 saturated carbocycles. The number of aromatic hydroxyl groups is 2. The molecule has 20 nitrogen and oxygen atoms in total. The lowest BCUT2D eigenvalue weighted by atomic mass is 10.0. The van der Waals surface area contributed by atoms with Crippen molar-refractivity contribution in [3.8, 4) is 11.5 Å². The summed E-state index contributed by atoms with van der Waals surface area (Å²) in [6.45, 7) is 5.88. The molecule has 0 aliphatic rings. The van der Waals surface area contributed by atoms with Crippen LogP contribution in [0.1, 0.15) is 70.9 Å². The SMILES string of the molecule is COC(=O)[C@H](CCCCNC(=O)[C@H](CC(C)C)NC(=O)[C@H](CO)NC(=O)[C@@H](N)Cc1ccc(O)cc1)NC(=O)[C@H](CC(C)C)NC(=O)[C@H](CO)NC(=O)[C@@H](N)Cc1ccc(O)cc1. The summed E-state index contributed by atoms with van der Waals surface area (Å²) in [5.74, 6) is -5.14. The summed E-state index contributed by atoms with van der Waals surface area (Å²) in [5.41, 5.74) is 13.4. The van der Waals surface area contributed by atoms with Crippen molar-refractivity contribution in [1.29, 1.82) is 0 Å². The Bertz CT molecular complexity index is 1790. The predicted octanol–water partition coefficient (Wildman–Crippen LogP) is -1.50. The van der Waals surface area contributed by atoms with Gasteiger partial charge in [-0.3, -0.25) is 28.8 Å². The third-order valence-electron chi connectivity index (χ3n) is 9.79. The summed E-state index contributed by atoms with van der Waals surface area (Å²) in [7, 11) is 1.15. The Labute approximate surface area is 367 Å². The number of benzene rings is 2. The molecule has 7 atom stereocenters. The van der Waals surface area contributed by atoms with Gasteiger partial charge in [-0.25, -0.2) is 4.79 Å². The highest BCUT2D eigenvalue weighted by Crippen LogP contribution is 2.13. The van der Waals surface area contributed by atoms with Gasteiger partial charge >= 0.3 is 5.97 Å². The van der Waals surface area contributed by atoms with Crippen LogP contribution in [-0.4, -0.2) is 131 Å². The van der Waals surface area contributed by atoms with Gasteiger partial charge < -0.3 is 68.5 Å². The number of rotatable bonds is 27. The molecule has 2 aromatic rings. The fourth-order valence-corrected chi connectivity index (χ4v) is 6.33. The molecule has 0 unspecified atom stereocenters. The van der Waals surface area contributed by atoms with Crippen LogP contribution in [-0.2, 0) is 51.1 Å². The van der Waals surface area contributed by atoms with E-state index in [1.807, 2.05) is 27.7 Å². The molecule has 0 spiro atoms. The molecule has 6 amide bonds. The number of aliphatic hydroxyl groups is 2. The second kappa shape index (κ2) is 27.3. The molecule has 2 rings (SSSR count). The summed E-state index contributed by atoms with van der Waals surface area (Å²) in [6.07, 6.45) is 1.29. The lowest BCUT2D eigenvalue weighted by Crippen LogP contribution is -2.58. The van der Waals surface area contributed by atoms with Crippen LogP contribution < -0.4 is 43.4 Å². The average Bonchev–Trinajstić information content (AvgIpc) is 3.23. The molecule has 0 saturated heterocycles. The van der Waals surface area contributed by atoms with Gasteiger partial charge in [-0.2, -0.15) is 0 Å². The smallest absolute Gasteiger partial charge is 0.328 e. The molecule has 0 heterocycles. The van der Waals surface area contributed by atoms with E-state index in [2.05, 4.69) is 31.9 Å². The molecule has 2 aromatic carbocycles. The number of phenolic OH excluding ortho intramolecular Hbond substituents is 2. The number of amides is 6. The number of nitrogens with one attached hydrogen (secondary N) is 6. The van der Waals surface area contributed by atoms with E-state index in [4.69, 9.17) is 16.2 Å². The second-order valence-electron chi connectivity index (χ2n) is 16.2. The van der Waals surface area contributed by atoms with E-state index in [-0.39, 0.29) is 62.0 Å². The number of hydrogen-bond acceptors (Lipinski definition) is 14. The highest BCUT2D eigenvalue weighted by molar-refractivity contribution is 5.95. The Morgan fingerprint density at radius 3 is 1.29 bits per heavy atom. The normalized spacial score (nSPS) is 14.5. The van der Waals surface area contributed by atoms with Gasteiger partial charge in [-0.05, 0) is 92.2 Å². The quantitative estimate of drug-likeness (QED) is 0.0359. The number of esters is 1. The molecule has 350 valence electrons. The Hall–Kier alpha value is -5.83. The predicted molar refractivity (Wildman–Crippen MR) is 231 cm³/mol. The highest BCUT2D eigenvalue weighted by atomic mass is 16.5. The minimum Gasteiger partial charge on any atom is -0.508 e. The molecule has 0 aliphatic carbocycles. The maximum Gasteiger partial charge on any atom is 0.328 e. The second-order valence-corrected chi connectivity index (χ2v) is 16.2. The standard InChI is InChI=1S/C43H66N8O12/c1-24(2)18-33(48-41(60)35(22-52)50-37(56)30(44)20-26-9-13-28(54)14-10-26)39(58)46-17-7-6-8-32(43(62)63-5)47-40(59)34(19-25(3)4)49-42(61)36(23-53)51-38(57)31(45)21-27-11-15-29(55)16-12-27/h9-16,24-25,30-36,52-55H,6-8,17-23,44-45H2,1-5H3,(H,46,58)(H,47,59)(H,48,60)(H,49,61)(H,50,56)(H,51,57)/t30-,31-,32-,33-,34-,35-,36-/m0/s1. The van der Waals surface area contributed by atoms with Gasteiger partial charge in [0.25, 0.3) is 0 Å². The first-order valence-corrected chi connectivity index (χ1v) is 20.9. The van der Waals surface area contributed by atoms with Gasteiger partial charge in [0.05, 0.1) is 32.4 Å². The monoisotopic (exact) mass is 886 g/mol. The molecular formula is C43H66N8O12. The van der Waals surface area contributed by atoms with Gasteiger partial charge in [-0.15, -0.1) is 0 Å². The van der Waals surface area contributed by atoms with Gasteiger partial charge in [0.2, 0.25) is 35.4 Å². The maximum atomic E-state index is 13.5. The van der Waals surface area contributed by atoms with Crippen molar-refractivity contribution in [2.45, 2.75) is 115 Å². The first-order chi connectivity index (χ1) is 29.8. The molecule has 0 radical (unpaired) electrons. The van der Waals surface area contributed by atoms with Gasteiger partial charge in [0, 0.05) is 6.54 Å². The van der Waals surface area contributed by atoms with Crippen LogP contribution >= 0.6 is 0 Å². The van der Waals surface area contributed by atoms with Gasteiger partial charge in [0.1, 0.15) is 41.7 Å². The third kappa shape index (κ3) is 19.4. The fourth-order valence-electron chi connectivity index (χ4n) is 6.33. The molecule has 14 N–H and O–H groups in total. The van der Waals surface area contributed by atoms with E-state index in [1.165, 1.54) is 24.3 Å². The Balaban J connectivity index is 1.96. The van der Waals surface area contributed by atoms with Crippen LogP contribution in [0.4, 0.5) is 0 Å². The highest BCUT2D eigenvalue weighted by Gasteiger charge is 2.32. The van der Waals surface area contributed by atoms with E-state index in [9.17, 15) is 54.0 Å². The fraction of sp³-hybridized carbons (Fsp3) is 0.558. The summed E-state index contributed by atoms with van der Waals surface area (Å²) < 4.78 is 4.91. The third-order valence-corrected chi connectivity index (χ3v) is 9.79. The number of carbonyl (C=O) groups is 7. The Kier molecular flexibility index (Phi) is 23.1. The number of aliphatic hydroxyl groups excluding tert-OH is 2. The summed E-state index contributed by atoms with van der Waals surface area (Å²) in [4.78, 5) is 91.4. The van der Waals surface area contributed by atoms with Crippen molar-refractivity contribution in [2.24, 2.45) is 23.3 Å². The lowest BCUT2D eigenvalue weighted by Gasteiger charge is -2.26. The zero-order valence-electron chi connectivity index (χ0n) is 36.6. The van der Waals surface area contributed by atoms with Crippen LogP contribution in [0.5, 0.6) is 11.5 Å². The van der Waals surface area contributed by atoms with E-state index < -0.39 is 96.9 Å². The van der Waals surface area contributed by atoms with Gasteiger partial charge in [0.15, 0.2) is 0 Å². The Morgan fingerprint density at radius 2 is 0.905 bits per heavy atom. The number of hydrogen-bond donors (Lipinski definition) is 12. The van der Waals surface area contributed by atoms with E-state index in [0.717, 1.165) is 7.11 Å². The molecule has 0 aromatic heterocycles. The van der Waals surface area contributed by atoms with Crippen LogP contribution in [0.3, 0.4) is 0 Å². The summed E-state index contributed by atoms with van der Waals surface area (Å²) in [6, 6.07) is 3.80. The van der Waals surface area contributed by atoms with Crippen LogP contribution in [0.25, 0.3) is 0 Å². The Morgan fingerprint density at radius 1 is 0.540 bits per heavy atom. The first-order valence-electron chi connectivity index (χ1n) is 20.9. The van der Waals surface area contributed by atoms with E-state index in [0.29, 0.717) is 24.0 Å². The number of unbranched alkanes of at least 4 members (excludes halogenated alkanes) is 1.